The Bertz CT molecular complexity index is 577. The van der Waals surface area contributed by atoms with Crippen molar-refractivity contribution in [3.8, 4) is 0 Å². The highest BCUT2D eigenvalue weighted by molar-refractivity contribution is 6.30. The minimum atomic E-state index is -1.20. The zero-order valence-corrected chi connectivity index (χ0v) is 12.6. The Morgan fingerprint density at radius 3 is 2.14 bits per heavy atom. The molecule has 0 bridgehead atoms. The van der Waals surface area contributed by atoms with Crippen molar-refractivity contribution >= 4 is 23.6 Å². The van der Waals surface area contributed by atoms with E-state index < -0.39 is 5.97 Å². The number of aliphatic carboxylic acids is 1. The highest BCUT2D eigenvalue weighted by Gasteiger charge is 1.97. The van der Waals surface area contributed by atoms with Crippen LogP contribution < -0.4 is 10.8 Å². The predicted octanol–water partition coefficient (Wildman–Crippen LogP) is 2.09. The number of carbonyl (C=O) groups excluding carboxylic acids is 1. The zero-order chi connectivity index (χ0) is 15.7. The van der Waals surface area contributed by atoms with Crippen molar-refractivity contribution in [1.29, 1.82) is 0 Å². The van der Waals surface area contributed by atoms with Crippen molar-refractivity contribution in [3.63, 3.8) is 0 Å². The molecule has 0 aliphatic rings. The summed E-state index contributed by atoms with van der Waals surface area (Å²) >= 11 is 5.62. The molecule has 0 unspecified atom stereocenters. The predicted molar refractivity (Wildman–Crippen MR) is 83.2 cm³/mol. The van der Waals surface area contributed by atoms with Crippen molar-refractivity contribution in [2.45, 2.75) is 13.0 Å². The summed E-state index contributed by atoms with van der Waals surface area (Å²) < 4.78 is 0. The fraction of sp³-hybridized carbons (Fsp3) is 0.118. The maximum atomic E-state index is 10.0. The molecule has 3 nitrogen and oxygen atoms in total. The minimum Gasteiger partial charge on any atom is -0.545 e. The number of benzene rings is 2. The van der Waals surface area contributed by atoms with E-state index in [1.165, 1.54) is 11.6 Å². The van der Waals surface area contributed by atoms with E-state index in [1.54, 1.807) is 24.3 Å². The lowest BCUT2D eigenvalue weighted by Crippen LogP contribution is -2.51. The van der Waals surface area contributed by atoms with Crippen LogP contribution >= 0.6 is 11.6 Å². The van der Waals surface area contributed by atoms with Gasteiger partial charge in [-0.3, -0.25) is 0 Å². The largest absolute Gasteiger partial charge is 0.545 e. The van der Waals surface area contributed by atoms with Crippen molar-refractivity contribution in [2.75, 3.05) is 0 Å². The summed E-state index contributed by atoms with van der Waals surface area (Å²) in [7, 11) is 0. The average molecular weight is 304 g/mol. The van der Waals surface area contributed by atoms with Crippen molar-refractivity contribution < 1.29 is 15.6 Å². The van der Waals surface area contributed by atoms with Gasteiger partial charge in [0.15, 0.2) is 0 Å². The summed E-state index contributed by atoms with van der Waals surface area (Å²) in [5, 5.41) is 10.6. The molecule has 110 valence electrons. The molecule has 3 N–H and O–H groups in total. The summed E-state index contributed by atoms with van der Waals surface area (Å²) in [5.74, 6) is -1.20. The summed E-state index contributed by atoms with van der Waals surface area (Å²) in [5.41, 5.74) is 5.99. The summed E-state index contributed by atoms with van der Waals surface area (Å²) in [6, 6.07) is 17.5. The number of rotatable bonds is 3. The number of halogens is 1. The second kappa shape index (κ2) is 8.95. The Balaban J connectivity index is 0.000000219. The van der Waals surface area contributed by atoms with E-state index in [0.29, 0.717) is 11.1 Å². The van der Waals surface area contributed by atoms with Crippen LogP contribution in [0.3, 0.4) is 0 Å². The molecule has 1 atom stereocenters. The number of carboxylic acids is 1. The van der Waals surface area contributed by atoms with Gasteiger partial charge in [0.1, 0.15) is 6.04 Å². The lowest BCUT2D eigenvalue weighted by atomic mass is 10.1. The molecule has 0 saturated carbocycles. The topological polar surface area (TPSA) is 67.8 Å². The van der Waals surface area contributed by atoms with Gasteiger partial charge in [0.05, 0.1) is 5.97 Å². The molecule has 0 heterocycles. The van der Waals surface area contributed by atoms with E-state index in [0.717, 1.165) is 11.6 Å². The van der Waals surface area contributed by atoms with E-state index in [-0.39, 0.29) is 0 Å². The van der Waals surface area contributed by atoms with Crippen LogP contribution in [0.1, 0.15) is 24.1 Å². The third-order valence-electron chi connectivity index (χ3n) is 2.65. The van der Waals surface area contributed by atoms with Crippen LogP contribution in [0.25, 0.3) is 6.08 Å². The van der Waals surface area contributed by atoms with Crippen molar-refractivity contribution in [2.24, 2.45) is 0 Å². The summed E-state index contributed by atoms with van der Waals surface area (Å²) in [6.07, 6.45) is 2.43. The van der Waals surface area contributed by atoms with Gasteiger partial charge in [0.25, 0.3) is 0 Å². The van der Waals surface area contributed by atoms with Crippen molar-refractivity contribution in [1.82, 2.24) is 0 Å². The molecule has 0 fully saturated rings. The van der Waals surface area contributed by atoms with Crippen LogP contribution in [-0.2, 0) is 4.79 Å². The molecule has 0 saturated heterocycles. The van der Waals surface area contributed by atoms with E-state index in [2.05, 4.69) is 24.8 Å². The molecule has 2 aromatic carbocycles. The van der Waals surface area contributed by atoms with Gasteiger partial charge in [0, 0.05) is 10.6 Å². The molecule has 4 heteroatoms. The zero-order valence-electron chi connectivity index (χ0n) is 11.8. The Morgan fingerprint density at radius 1 is 1.14 bits per heavy atom. The fourth-order valence-electron chi connectivity index (χ4n) is 1.52. The van der Waals surface area contributed by atoms with Gasteiger partial charge < -0.3 is 15.6 Å². The van der Waals surface area contributed by atoms with E-state index in [9.17, 15) is 9.90 Å². The second-order valence-electron chi connectivity index (χ2n) is 4.52. The third kappa shape index (κ3) is 7.30. The first-order chi connectivity index (χ1) is 9.99. The van der Waals surface area contributed by atoms with Crippen LogP contribution in [0, 0.1) is 0 Å². The minimum absolute atomic E-state index is 0.409. The quantitative estimate of drug-likeness (QED) is 0.882. The molecular formula is C17H18ClNO2. The molecule has 2 rings (SSSR count). The maximum absolute atomic E-state index is 10.0. The van der Waals surface area contributed by atoms with Gasteiger partial charge in [-0.15, -0.1) is 0 Å². The fourth-order valence-corrected chi connectivity index (χ4v) is 1.65. The number of hydrogen-bond acceptors (Lipinski definition) is 2. The van der Waals surface area contributed by atoms with Crippen molar-refractivity contribution in [3.05, 3.63) is 76.8 Å². The third-order valence-corrected chi connectivity index (χ3v) is 2.90. The summed E-state index contributed by atoms with van der Waals surface area (Å²) in [4.78, 5) is 10.0. The SMILES string of the molecule is C[C@@H]([NH3+])c1ccccc1.O=C([O-])/C=C/c1ccc(Cl)cc1. The first kappa shape index (κ1) is 17.0. The van der Waals surface area contributed by atoms with Crippen LogP contribution in [0.2, 0.25) is 5.02 Å². The molecule has 0 spiro atoms. The highest BCUT2D eigenvalue weighted by Crippen LogP contribution is 2.10. The molecular weight excluding hydrogens is 286 g/mol. The van der Waals surface area contributed by atoms with Gasteiger partial charge in [-0.2, -0.15) is 0 Å². The molecule has 0 aliphatic carbocycles. The maximum Gasteiger partial charge on any atom is 0.107 e. The standard InChI is InChI=1S/C9H7ClO2.C8H11N/c10-8-4-1-7(2-5-8)3-6-9(11)12;1-7(9)8-5-3-2-4-6-8/h1-6H,(H,11,12);2-7H,9H2,1H3/b6-3+;/t;7-/m.1/s1. The Labute approximate surface area is 129 Å². The Morgan fingerprint density at radius 2 is 1.71 bits per heavy atom. The van der Waals surface area contributed by atoms with Crippen LogP contribution in [-0.4, -0.2) is 5.97 Å². The Kier molecular flexibility index (Phi) is 7.23. The first-order valence-electron chi connectivity index (χ1n) is 6.51. The molecule has 0 radical (unpaired) electrons. The van der Waals surface area contributed by atoms with Gasteiger partial charge >= 0.3 is 0 Å². The Hall–Kier alpha value is -2.10. The molecule has 0 amide bonds. The first-order valence-corrected chi connectivity index (χ1v) is 6.89. The lowest BCUT2D eigenvalue weighted by Gasteiger charge is -1.98. The van der Waals surface area contributed by atoms with Gasteiger partial charge in [-0.05, 0) is 30.7 Å². The monoisotopic (exact) mass is 303 g/mol. The highest BCUT2D eigenvalue weighted by atomic mass is 35.5. The number of carboxylic acid groups (broad SMARTS) is 1. The second-order valence-corrected chi connectivity index (χ2v) is 4.95. The van der Waals surface area contributed by atoms with Gasteiger partial charge in [-0.25, -0.2) is 0 Å². The smallest absolute Gasteiger partial charge is 0.107 e. The normalized spacial score (nSPS) is 11.6. The summed E-state index contributed by atoms with van der Waals surface area (Å²) in [6.45, 7) is 2.09. The molecule has 21 heavy (non-hydrogen) atoms. The molecule has 0 aliphatic heterocycles. The lowest BCUT2D eigenvalue weighted by molar-refractivity contribution is -0.420. The van der Waals surface area contributed by atoms with Crippen LogP contribution in [0.5, 0.6) is 0 Å². The van der Waals surface area contributed by atoms with Gasteiger partial charge in [0.2, 0.25) is 0 Å². The number of carbonyl (C=O) groups is 1. The van der Waals surface area contributed by atoms with Crippen LogP contribution in [0.4, 0.5) is 0 Å². The number of hydrogen-bond donors (Lipinski definition) is 1. The van der Waals surface area contributed by atoms with E-state index in [1.807, 2.05) is 18.2 Å². The molecule has 0 aromatic heterocycles. The van der Waals surface area contributed by atoms with Gasteiger partial charge in [-0.1, -0.05) is 60.1 Å². The number of quaternary nitrogens is 1. The van der Waals surface area contributed by atoms with Crippen LogP contribution in [0.15, 0.2) is 60.7 Å². The van der Waals surface area contributed by atoms with E-state index in [4.69, 9.17) is 11.6 Å². The average Bonchev–Trinajstić information content (AvgIpc) is 2.48. The molecule has 2 aromatic rings. The van der Waals surface area contributed by atoms with E-state index >= 15 is 0 Å².